The minimum absolute atomic E-state index is 0.0877. The molecule has 3 heterocycles. The topological polar surface area (TPSA) is 100 Å². The van der Waals surface area contributed by atoms with Crippen molar-refractivity contribution in [1.29, 1.82) is 5.26 Å². The van der Waals surface area contributed by atoms with E-state index in [1.54, 1.807) is 36.5 Å². The van der Waals surface area contributed by atoms with Gasteiger partial charge in [-0.1, -0.05) is 0 Å². The van der Waals surface area contributed by atoms with E-state index in [9.17, 15) is 10.1 Å². The Labute approximate surface area is 169 Å². The molecule has 1 saturated carbocycles. The van der Waals surface area contributed by atoms with Crippen molar-refractivity contribution in [2.75, 3.05) is 37.1 Å². The minimum atomic E-state index is -0.850. The average Bonchev–Trinajstić information content (AvgIpc) is 3.54. The lowest BCUT2D eigenvalue weighted by molar-refractivity contribution is -0.123. The van der Waals surface area contributed by atoms with Gasteiger partial charge in [-0.2, -0.15) is 5.26 Å². The van der Waals surface area contributed by atoms with Crippen LogP contribution < -0.4 is 15.0 Å². The summed E-state index contributed by atoms with van der Waals surface area (Å²) in [5, 5.41) is 12.8. The molecule has 2 fully saturated rings. The summed E-state index contributed by atoms with van der Waals surface area (Å²) in [7, 11) is 1.62. The van der Waals surface area contributed by atoms with Crippen molar-refractivity contribution in [2.24, 2.45) is 11.3 Å². The predicted molar refractivity (Wildman–Crippen MR) is 107 cm³/mol. The van der Waals surface area contributed by atoms with E-state index in [0.29, 0.717) is 43.6 Å². The Bertz CT molecular complexity index is 923. The van der Waals surface area contributed by atoms with Crippen molar-refractivity contribution < 1.29 is 14.3 Å². The summed E-state index contributed by atoms with van der Waals surface area (Å²) in [5.74, 6) is 1.97. The van der Waals surface area contributed by atoms with Crippen molar-refractivity contribution in [3.8, 4) is 11.8 Å². The molecule has 150 valence electrons. The molecule has 2 aromatic heterocycles. The van der Waals surface area contributed by atoms with E-state index in [2.05, 4.69) is 21.4 Å². The molecular weight excluding hydrogens is 370 g/mol. The summed E-state index contributed by atoms with van der Waals surface area (Å²) in [4.78, 5) is 23.3. The second-order valence-electron chi connectivity index (χ2n) is 7.31. The third kappa shape index (κ3) is 3.87. The van der Waals surface area contributed by atoms with Crippen LogP contribution in [0.15, 0.2) is 36.7 Å². The van der Waals surface area contributed by atoms with Crippen LogP contribution in [0.2, 0.25) is 0 Å². The van der Waals surface area contributed by atoms with Crippen LogP contribution in [0.1, 0.15) is 19.3 Å². The second kappa shape index (κ2) is 8.05. The molecule has 1 saturated heterocycles. The largest absolute Gasteiger partial charge is 0.490 e. The Morgan fingerprint density at radius 2 is 2.14 bits per heavy atom. The van der Waals surface area contributed by atoms with Gasteiger partial charge in [0.1, 0.15) is 29.4 Å². The number of amides is 1. The van der Waals surface area contributed by atoms with Crippen LogP contribution in [0.4, 0.5) is 17.3 Å². The molecule has 1 atom stereocenters. The van der Waals surface area contributed by atoms with Gasteiger partial charge in [-0.05, 0) is 43.4 Å². The highest BCUT2D eigenvalue weighted by Crippen LogP contribution is 2.51. The number of anilines is 3. The van der Waals surface area contributed by atoms with E-state index < -0.39 is 5.41 Å². The number of carbonyl (C=O) groups excluding carboxylic acids is 1. The highest BCUT2D eigenvalue weighted by molar-refractivity contribution is 6.02. The quantitative estimate of drug-likeness (QED) is 0.688. The van der Waals surface area contributed by atoms with Crippen LogP contribution in [0.5, 0.6) is 5.75 Å². The molecule has 29 heavy (non-hydrogen) atoms. The maximum atomic E-state index is 13.0. The van der Waals surface area contributed by atoms with E-state index in [4.69, 9.17) is 9.47 Å². The number of aromatic nitrogens is 2. The van der Waals surface area contributed by atoms with Gasteiger partial charge < -0.3 is 19.7 Å². The standard InChI is InChI=1S/C21H23N5O3/c1-28-10-11-29-17-4-5-18(24-13-17)25-19-12-16(6-8-23-19)26-9-7-21(14-22,20(26)27)15-2-3-15/h4-6,8,12-13,15H,2-3,7,9-11H2,1H3,(H,23,24,25)/t21-/m1/s1. The van der Waals surface area contributed by atoms with Crippen LogP contribution in [0.25, 0.3) is 0 Å². The molecule has 1 amide bonds. The van der Waals surface area contributed by atoms with E-state index in [0.717, 1.165) is 18.5 Å². The van der Waals surface area contributed by atoms with Crippen LogP contribution in [0.3, 0.4) is 0 Å². The molecule has 0 radical (unpaired) electrons. The lowest BCUT2D eigenvalue weighted by Crippen LogP contribution is -2.35. The third-order valence-electron chi connectivity index (χ3n) is 5.43. The molecule has 0 unspecified atom stereocenters. The lowest BCUT2D eigenvalue weighted by atomic mass is 9.83. The van der Waals surface area contributed by atoms with Gasteiger partial charge in [-0.3, -0.25) is 4.79 Å². The Morgan fingerprint density at radius 1 is 1.28 bits per heavy atom. The van der Waals surface area contributed by atoms with Gasteiger partial charge in [0, 0.05) is 31.6 Å². The molecule has 0 spiro atoms. The van der Waals surface area contributed by atoms with E-state index >= 15 is 0 Å². The zero-order chi connectivity index (χ0) is 20.3. The SMILES string of the molecule is COCCOc1ccc(Nc2cc(N3CC[C@@](C#N)(C4CC4)C3=O)ccn2)nc1. The van der Waals surface area contributed by atoms with Crippen LogP contribution >= 0.6 is 0 Å². The van der Waals surface area contributed by atoms with Crippen molar-refractivity contribution in [3.63, 3.8) is 0 Å². The number of pyridine rings is 2. The summed E-state index contributed by atoms with van der Waals surface area (Å²) in [6.07, 6.45) is 5.80. The molecule has 0 aromatic carbocycles. The first kappa shape index (κ1) is 19.2. The average molecular weight is 393 g/mol. The molecule has 8 heteroatoms. The first-order valence-corrected chi connectivity index (χ1v) is 9.70. The highest BCUT2D eigenvalue weighted by atomic mass is 16.5. The predicted octanol–water partition coefficient (Wildman–Crippen LogP) is 2.90. The summed E-state index contributed by atoms with van der Waals surface area (Å²) in [6.45, 7) is 1.53. The molecule has 1 aliphatic heterocycles. The number of nitrogens with one attached hydrogen (secondary N) is 1. The monoisotopic (exact) mass is 393 g/mol. The Hall–Kier alpha value is -3.18. The van der Waals surface area contributed by atoms with Gasteiger partial charge in [0.15, 0.2) is 0 Å². The molecule has 8 nitrogen and oxygen atoms in total. The van der Waals surface area contributed by atoms with Crippen molar-refractivity contribution in [1.82, 2.24) is 9.97 Å². The number of rotatable bonds is 8. The zero-order valence-corrected chi connectivity index (χ0v) is 16.3. The van der Waals surface area contributed by atoms with Gasteiger partial charge >= 0.3 is 0 Å². The first-order valence-electron chi connectivity index (χ1n) is 9.70. The number of nitrogens with zero attached hydrogens (tertiary/aromatic N) is 4. The third-order valence-corrected chi connectivity index (χ3v) is 5.43. The van der Waals surface area contributed by atoms with Crippen LogP contribution in [-0.2, 0) is 9.53 Å². The van der Waals surface area contributed by atoms with Gasteiger partial charge in [-0.25, -0.2) is 9.97 Å². The van der Waals surface area contributed by atoms with Gasteiger partial charge in [0.2, 0.25) is 5.91 Å². The van der Waals surface area contributed by atoms with Crippen molar-refractivity contribution >= 4 is 23.2 Å². The van der Waals surface area contributed by atoms with E-state index in [1.165, 1.54) is 0 Å². The van der Waals surface area contributed by atoms with E-state index in [-0.39, 0.29) is 11.8 Å². The fourth-order valence-corrected chi connectivity index (χ4v) is 3.70. The molecule has 1 N–H and O–H groups in total. The number of ether oxygens (including phenoxy) is 2. The lowest BCUT2D eigenvalue weighted by Gasteiger charge is -2.21. The molecule has 2 aromatic rings. The Balaban J connectivity index is 1.44. The summed E-state index contributed by atoms with van der Waals surface area (Å²) >= 11 is 0. The van der Waals surface area contributed by atoms with Crippen LogP contribution in [0, 0.1) is 22.7 Å². The Morgan fingerprint density at radius 3 is 2.83 bits per heavy atom. The number of hydrogen-bond acceptors (Lipinski definition) is 7. The summed E-state index contributed by atoms with van der Waals surface area (Å²) in [5.41, 5.74) is -0.110. The number of carbonyl (C=O) groups is 1. The normalized spacial score (nSPS) is 21.1. The van der Waals surface area contributed by atoms with E-state index in [1.807, 2.05) is 12.1 Å². The van der Waals surface area contributed by atoms with Gasteiger partial charge in [0.25, 0.3) is 0 Å². The van der Waals surface area contributed by atoms with Crippen molar-refractivity contribution in [3.05, 3.63) is 36.7 Å². The van der Waals surface area contributed by atoms with Crippen molar-refractivity contribution in [2.45, 2.75) is 19.3 Å². The highest BCUT2D eigenvalue weighted by Gasteiger charge is 2.56. The fourth-order valence-electron chi connectivity index (χ4n) is 3.70. The summed E-state index contributed by atoms with van der Waals surface area (Å²) < 4.78 is 10.5. The molecule has 1 aliphatic carbocycles. The maximum absolute atomic E-state index is 13.0. The second-order valence-corrected chi connectivity index (χ2v) is 7.31. The molecular formula is C21H23N5O3. The Kier molecular flexibility index (Phi) is 5.32. The van der Waals surface area contributed by atoms with Gasteiger partial charge in [0.05, 0.1) is 18.9 Å². The molecule has 0 bridgehead atoms. The summed E-state index contributed by atoms with van der Waals surface area (Å²) in [6, 6.07) is 9.53. The first-order chi connectivity index (χ1) is 14.2. The fraction of sp³-hybridized carbons (Fsp3) is 0.429. The number of nitriles is 1. The molecule has 4 rings (SSSR count). The van der Waals surface area contributed by atoms with Gasteiger partial charge in [-0.15, -0.1) is 0 Å². The van der Waals surface area contributed by atoms with Crippen LogP contribution in [-0.4, -0.2) is 42.7 Å². The maximum Gasteiger partial charge on any atom is 0.247 e. The number of methoxy groups -OCH3 is 1. The smallest absolute Gasteiger partial charge is 0.247 e. The molecule has 2 aliphatic rings. The minimum Gasteiger partial charge on any atom is -0.490 e. The zero-order valence-electron chi connectivity index (χ0n) is 16.3. The number of hydrogen-bond donors (Lipinski definition) is 1.